The molecule has 0 aliphatic carbocycles. The Morgan fingerprint density at radius 3 is 2.76 bits per heavy atom. The van der Waals surface area contributed by atoms with Crippen molar-refractivity contribution in [2.24, 2.45) is 0 Å². The van der Waals surface area contributed by atoms with E-state index in [-0.39, 0.29) is 5.28 Å². The van der Waals surface area contributed by atoms with E-state index in [0.29, 0.717) is 10.8 Å². The van der Waals surface area contributed by atoms with Crippen LogP contribution >= 0.6 is 45.8 Å². The molecule has 17 heavy (non-hydrogen) atoms. The number of anilines is 2. The lowest BCUT2D eigenvalue weighted by Gasteiger charge is -2.10. The summed E-state index contributed by atoms with van der Waals surface area (Å²) in [4.78, 5) is 8.05. The number of aromatic nitrogens is 2. The largest absolute Gasteiger partial charge is 0.339 e. The zero-order valence-electron chi connectivity index (χ0n) is 8.84. The van der Waals surface area contributed by atoms with Gasteiger partial charge in [-0.05, 0) is 59.3 Å². The second-order valence-corrected chi connectivity index (χ2v) is 5.36. The zero-order valence-corrected chi connectivity index (χ0v) is 12.5. The summed E-state index contributed by atoms with van der Waals surface area (Å²) in [6, 6.07) is 5.60. The van der Waals surface area contributed by atoms with E-state index < -0.39 is 0 Å². The summed E-state index contributed by atoms with van der Waals surface area (Å²) in [6.07, 6.45) is 1.68. The molecular weight excluding hydrogens is 372 g/mol. The molecule has 88 valence electrons. The predicted molar refractivity (Wildman–Crippen MR) is 79.2 cm³/mol. The lowest BCUT2D eigenvalue weighted by atomic mass is 10.3. The summed E-state index contributed by atoms with van der Waals surface area (Å²) >= 11 is 13.9. The summed E-state index contributed by atoms with van der Waals surface area (Å²) in [7, 11) is 0. The smallest absolute Gasteiger partial charge is 0.224 e. The van der Waals surface area contributed by atoms with Crippen molar-refractivity contribution in [2.45, 2.75) is 6.92 Å². The highest BCUT2D eigenvalue weighted by molar-refractivity contribution is 14.1. The number of halogens is 3. The van der Waals surface area contributed by atoms with Gasteiger partial charge in [-0.3, -0.25) is 0 Å². The maximum Gasteiger partial charge on any atom is 0.224 e. The summed E-state index contributed by atoms with van der Waals surface area (Å²) in [5, 5.41) is 4.14. The molecule has 0 saturated heterocycles. The van der Waals surface area contributed by atoms with E-state index in [1.807, 2.05) is 25.1 Å². The molecule has 0 spiro atoms. The number of benzene rings is 1. The van der Waals surface area contributed by atoms with Crippen LogP contribution in [0.5, 0.6) is 0 Å². The molecule has 1 aromatic heterocycles. The van der Waals surface area contributed by atoms with Gasteiger partial charge in [0, 0.05) is 20.4 Å². The minimum atomic E-state index is 0.224. The molecule has 0 saturated carbocycles. The van der Waals surface area contributed by atoms with Gasteiger partial charge in [0.15, 0.2) is 0 Å². The van der Waals surface area contributed by atoms with Crippen molar-refractivity contribution in [1.82, 2.24) is 9.97 Å². The Balaban J connectivity index is 2.34. The van der Waals surface area contributed by atoms with Crippen LogP contribution in [0.2, 0.25) is 10.3 Å². The van der Waals surface area contributed by atoms with E-state index in [9.17, 15) is 0 Å². The highest BCUT2D eigenvalue weighted by Gasteiger charge is 2.05. The van der Waals surface area contributed by atoms with Crippen LogP contribution in [0.15, 0.2) is 24.4 Å². The number of aryl methyl sites for hydroxylation is 1. The molecule has 6 heteroatoms. The SMILES string of the molecule is Cc1cnc(Cl)nc1Nc1ccc(Cl)cc1I. The molecule has 3 nitrogen and oxygen atoms in total. The van der Waals surface area contributed by atoms with Crippen molar-refractivity contribution in [3.8, 4) is 0 Å². The topological polar surface area (TPSA) is 37.8 Å². The van der Waals surface area contributed by atoms with Crippen LogP contribution in [-0.2, 0) is 0 Å². The summed E-state index contributed by atoms with van der Waals surface area (Å²) in [5.74, 6) is 0.699. The second kappa shape index (κ2) is 5.37. The van der Waals surface area contributed by atoms with Gasteiger partial charge in [-0.1, -0.05) is 11.6 Å². The van der Waals surface area contributed by atoms with Crippen LogP contribution in [0.4, 0.5) is 11.5 Å². The Kier molecular flexibility index (Phi) is 4.06. The van der Waals surface area contributed by atoms with Crippen LogP contribution in [0, 0.1) is 10.5 Å². The second-order valence-electron chi connectivity index (χ2n) is 3.42. The summed E-state index contributed by atoms with van der Waals surface area (Å²) < 4.78 is 1.02. The minimum absolute atomic E-state index is 0.224. The maximum atomic E-state index is 5.90. The Morgan fingerprint density at radius 1 is 1.29 bits per heavy atom. The van der Waals surface area contributed by atoms with E-state index in [1.54, 1.807) is 6.20 Å². The number of nitrogens with zero attached hydrogens (tertiary/aromatic N) is 2. The van der Waals surface area contributed by atoms with Gasteiger partial charge in [0.05, 0.1) is 5.69 Å². The Morgan fingerprint density at radius 2 is 2.06 bits per heavy atom. The van der Waals surface area contributed by atoms with Crippen LogP contribution in [-0.4, -0.2) is 9.97 Å². The fraction of sp³-hybridized carbons (Fsp3) is 0.0909. The third kappa shape index (κ3) is 3.20. The van der Waals surface area contributed by atoms with Crippen molar-refractivity contribution in [3.05, 3.63) is 43.8 Å². The molecule has 0 amide bonds. The van der Waals surface area contributed by atoms with Crippen LogP contribution in [0.1, 0.15) is 5.56 Å². The first kappa shape index (κ1) is 12.9. The van der Waals surface area contributed by atoms with Crippen molar-refractivity contribution in [1.29, 1.82) is 0 Å². The van der Waals surface area contributed by atoms with Crippen molar-refractivity contribution in [3.63, 3.8) is 0 Å². The van der Waals surface area contributed by atoms with Crippen molar-refractivity contribution >= 4 is 57.3 Å². The first-order valence-electron chi connectivity index (χ1n) is 4.77. The van der Waals surface area contributed by atoms with Crippen molar-refractivity contribution < 1.29 is 0 Å². The summed E-state index contributed by atoms with van der Waals surface area (Å²) in [5.41, 5.74) is 1.87. The minimum Gasteiger partial charge on any atom is -0.339 e. The Labute approximate surface area is 123 Å². The van der Waals surface area contributed by atoms with Gasteiger partial charge in [0.1, 0.15) is 5.82 Å². The lowest BCUT2D eigenvalue weighted by molar-refractivity contribution is 1.13. The predicted octanol–water partition coefficient (Wildman–Crippen LogP) is 4.44. The Hall–Kier alpha value is -0.590. The van der Waals surface area contributed by atoms with E-state index >= 15 is 0 Å². The first-order valence-corrected chi connectivity index (χ1v) is 6.61. The molecule has 0 fully saturated rings. The number of nitrogens with one attached hydrogen (secondary N) is 1. The average molecular weight is 380 g/mol. The lowest BCUT2D eigenvalue weighted by Crippen LogP contribution is -1.99. The fourth-order valence-corrected chi connectivity index (χ4v) is 2.41. The molecule has 0 bridgehead atoms. The number of hydrogen-bond donors (Lipinski definition) is 1. The van der Waals surface area contributed by atoms with Crippen LogP contribution < -0.4 is 5.32 Å². The molecule has 1 heterocycles. The zero-order chi connectivity index (χ0) is 12.4. The van der Waals surface area contributed by atoms with E-state index in [1.165, 1.54) is 0 Å². The molecule has 0 atom stereocenters. The van der Waals surface area contributed by atoms with E-state index in [0.717, 1.165) is 14.8 Å². The maximum absolute atomic E-state index is 5.90. The first-order chi connectivity index (χ1) is 8.06. The third-order valence-electron chi connectivity index (χ3n) is 2.13. The van der Waals surface area contributed by atoms with Gasteiger partial charge in [-0.2, -0.15) is 0 Å². The molecule has 1 N–H and O–H groups in total. The van der Waals surface area contributed by atoms with E-state index in [4.69, 9.17) is 23.2 Å². The van der Waals surface area contributed by atoms with Crippen LogP contribution in [0.25, 0.3) is 0 Å². The average Bonchev–Trinajstić information content (AvgIpc) is 2.27. The Bertz CT molecular complexity index is 560. The third-order valence-corrected chi connectivity index (χ3v) is 3.44. The van der Waals surface area contributed by atoms with Gasteiger partial charge in [0.2, 0.25) is 5.28 Å². The number of hydrogen-bond acceptors (Lipinski definition) is 3. The quantitative estimate of drug-likeness (QED) is 0.619. The van der Waals surface area contributed by atoms with Gasteiger partial charge < -0.3 is 5.32 Å². The molecule has 0 radical (unpaired) electrons. The highest BCUT2D eigenvalue weighted by Crippen LogP contribution is 2.26. The van der Waals surface area contributed by atoms with Gasteiger partial charge in [0.25, 0.3) is 0 Å². The molecule has 2 aromatic rings. The van der Waals surface area contributed by atoms with E-state index in [2.05, 4.69) is 37.9 Å². The monoisotopic (exact) mass is 379 g/mol. The fourth-order valence-electron chi connectivity index (χ4n) is 1.27. The molecular formula is C11H8Cl2IN3. The molecule has 0 unspecified atom stereocenters. The molecule has 0 aliphatic rings. The standard InChI is InChI=1S/C11H8Cl2IN3/c1-6-5-15-11(13)17-10(6)16-9-3-2-7(12)4-8(9)14/h2-5H,1H3,(H,15,16,17). The highest BCUT2D eigenvalue weighted by atomic mass is 127. The van der Waals surface area contributed by atoms with Gasteiger partial charge in [-0.15, -0.1) is 0 Å². The van der Waals surface area contributed by atoms with Gasteiger partial charge >= 0.3 is 0 Å². The molecule has 1 aromatic carbocycles. The normalized spacial score (nSPS) is 10.4. The van der Waals surface area contributed by atoms with Crippen molar-refractivity contribution in [2.75, 3.05) is 5.32 Å². The molecule has 2 rings (SSSR count). The van der Waals surface area contributed by atoms with Crippen LogP contribution in [0.3, 0.4) is 0 Å². The van der Waals surface area contributed by atoms with Gasteiger partial charge in [-0.25, -0.2) is 9.97 Å². The molecule has 0 aliphatic heterocycles. The number of rotatable bonds is 2. The summed E-state index contributed by atoms with van der Waals surface area (Å²) in [6.45, 7) is 1.92.